The molecular formula is C11H12N4O2S. The molecule has 0 amide bonds. The van der Waals surface area contributed by atoms with E-state index in [1.807, 2.05) is 17.8 Å². The number of aromatic nitrogens is 2. The molecule has 94 valence electrons. The Morgan fingerprint density at radius 3 is 2.83 bits per heavy atom. The van der Waals surface area contributed by atoms with Crippen molar-refractivity contribution < 1.29 is 4.92 Å². The fourth-order valence-electron chi connectivity index (χ4n) is 1.49. The molecule has 2 aromatic rings. The minimum atomic E-state index is -0.402. The van der Waals surface area contributed by atoms with Gasteiger partial charge in [0.05, 0.1) is 4.92 Å². The number of nitro benzene ring substituents is 1. The highest BCUT2D eigenvalue weighted by Crippen LogP contribution is 2.32. The first kappa shape index (κ1) is 12.4. The van der Waals surface area contributed by atoms with Crippen molar-refractivity contribution in [3.63, 3.8) is 0 Å². The minimum absolute atomic E-state index is 0.0710. The molecule has 0 unspecified atom stereocenters. The van der Waals surface area contributed by atoms with Gasteiger partial charge in [-0.3, -0.25) is 10.1 Å². The van der Waals surface area contributed by atoms with Crippen molar-refractivity contribution in [1.29, 1.82) is 0 Å². The van der Waals surface area contributed by atoms with E-state index in [1.165, 1.54) is 17.8 Å². The van der Waals surface area contributed by atoms with Gasteiger partial charge in [-0.15, -0.1) is 0 Å². The van der Waals surface area contributed by atoms with E-state index in [0.717, 1.165) is 10.1 Å². The molecule has 0 fully saturated rings. The van der Waals surface area contributed by atoms with Crippen LogP contribution in [0.3, 0.4) is 0 Å². The van der Waals surface area contributed by atoms with Crippen LogP contribution in [0, 0.1) is 10.1 Å². The molecule has 0 radical (unpaired) electrons. The molecule has 0 aliphatic carbocycles. The van der Waals surface area contributed by atoms with Gasteiger partial charge in [-0.25, -0.2) is 4.98 Å². The van der Waals surface area contributed by atoms with Crippen LogP contribution in [0.1, 0.15) is 0 Å². The highest BCUT2D eigenvalue weighted by atomic mass is 32.2. The number of hydrogen-bond donors (Lipinski definition) is 1. The van der Waals surface area contributed by atoms with Crippen molar-refractivity contribution in [2.45, 2.75) is 10.1 Å². The number of anilines is 1. The molecule has 7 heteroatoms. The lowest BCUT2D eigenvalue weighted by molar-refractivity contribution is -0.384. The minimum Gasteiger partial charge on any atom is -0.383 e. The zero-order chi connectivity index (χ0) is 13.1. The summed E-state index contributed by atoms with van der Waals surface area (Å²) < 4.78 is 1.89. The van der Waals surface area contributed by atoms with Gasteiger partial charge in [0.2, 0.25) is 0 Å². The summed E-state index contributed by atoms with van der Waals surface area (Å²) in [5.74, 6) is 0. The van der Waals surface area contributed by atoms with Crippen molar-refractivity contribution in [2.75, 3.05) is 12.4 Å². The number of imidazole rings is 1. The molecule has 6 nitrogen and oxygen atoms in total. The zero-order valence-electron chi connectivity index (χ0n) is 9.95. The van der Waals surface area contributed by atoms with E-state index in [-0.39, 0.29) is 5.69 Å². The van der Waals surface area contributed by atoms with Crippen LogP contribution in [0.25, 0.3) is 0 Å². The number of hydrogen-bond acceptors (Lipinski definition) is 5. The first-order chi connectivity index (χ1) is 8.61. The summed E-state index contributed by atoms with van der Waals surface area (Å²) in [5, 5.41) is 14.5. The first-order valence-corrected chi connectivity index (χ1v) is 6.05. The van der Waals surface area contributed by atoms with Gasteiger partial charge in [0.1, 0.15) is 5.69 Å². The second-order valence-corrected chi connectivity index (χ2v) is 4.65. The molecule has 0 saturated carbocycles. The Bertz CT molecular complexity index is 582. The van der Waals surface area contributed by atoms with Crippen LogP contribution in [0.4, 0.5) is 11.4 Å². The molecule has 2 rings (SSSR count). The second-order valence-electron chi connectivity index (χ2n) is 3.61. The number of benzene rings is 1. The smallest absolute Gasteiger partial charge is 0.292 e. The van der Waals surface area contributed by atoms with Crippen LogP contribution in [0.5, 0.6) is 0 Å². The fourth-order valence-corrected chi connectivity index (χ4v) is 2.34. The number of nitrogens with zero attached hydrogens (tertiary/aromatic N) is 3. The summed E-state index contributed by atoms with van der Waals surface area (Å²) in [6, 6.07) is 4.97. The molecule has 0 aliphatic heterocycles. The van der Waals surface area contributed by atoms with Crippen LogP contribution in [-0.2, 0) is 7.05 Å². The van der Waals surface area contributed by atoms with Crippen molar-refractivity contribution in [2.24, 2.45) is 7.05 Å². The Morgan fingerprint density at radius 2 is 2.28 bits per heavy atom. The Hall–Kier alpha value is -2.02. The van der Waals surface area contributed by atoms with Gasteiger partial charge in [0, 0.05) is 37.5 Å². The maximum atomic E-state index is 10.8. The first-order valence-electron chi connectivity index (χ1n) is 5.23. The molecule has 0 spiro atoms. The van der Waals surface area contributed by atoms with Crippen LogP contribution in [0.2, 0.25) is 0 Å². The second kappa shape index (κ2) is 5.09. The van der Waals surface area contributed by atoms with E-state index in [9.17, 15) is 10.1 Å². The summed E-state index contributed by atoms with van der Waals surface area (Å²) in [4.78, 5) is 15.5. The monoisotopic (exact) mass is 264 g/mol. The number of rotatable bonds is 4. The van der Waals surface area contributed by atoms with Crippen LogP contribution >= 0.6 is 11.8 Å². The van der Waals surface area contributed by atoms with E-state index >= 15 is 0 Å². The third kappa shape index (κ3) is 2.45. The zero-order valence-corrected chi connectivity index (χ0v) is 10.8. The summed E-state index contributed by atoms with van der Waals surface area (Å²) in [6.45, 7) is 0. The molecule has 1 heterocycles. The van der Waals surface area contributed by atoms with Crippen molar-refractivity contribution in [3.05, 3.63) is 40.7 Å². The van der Waals surface area contributed by atoms with Crippen LogP contribution in [-0.4, -0.2) is 21.5 Å². The Kier molecular flexibility index (Phi) is 3.52. The molecule has 0 saturated heterocycles. The Balaban J connectivity index is 2.30. The Labute approximate surface area is 108 Å². The fraction of sp³-hybridized carbons (Fsp3) is 0.182. The summed E-state index contributed by atoms with van der Waals surface area (Å²) in [7, 11) is 3.57. The molecular weight excluding hydrogens is 252 g/mol. The van der Waals surface area contributed by atoms with Gasteiger partial charge in [-0.2, -0.15) is 0 Å². The van der Waals surface area contributed by atoms with Gasteiger partial charge >= 0.3 is 0 Å². The summed E-state index contributed by atoms with van der Waals surface area (Å²) in [5.41, 5.74) is 0.570. The SMILES string of the molecule is CNc1cc(Sc2nccn2C)ccc1[N+](=O)[O-]. The van der Waals surface area contributed by atoms with Gasteiger partial charge in [0.15, 0.2) is 5.16 Å². The summed E-state index contributed by atoms with van der Waals surface area (Å²) in [6.07, 6.45) is 3.57. The molecule has 0 atom stereocenters. The number of nitrogens with one attached hydrogen (secondary N) is 1. The van der Waals surface area contributed by atoms with Crippen LogP contribution < -0.4 is 5.32 Å². The van der Waals surface area contributed by atoms with Crippen LogP contribution in [0.15, 0.2) is 40.6 Å². The van der Waals surface area contributed by atoms with Crippen molar-refractivity contribution in [1.82, 2.24) is 9.55 Å². The normalized spacial score (nSPS) is 10.3. The average molecular weight is 264 g/mol. The topological polar surface area (TPSA) is 73.0 Å². The third-order valence-corrected chi connectivity index (χ3v) is 3.49. The van der Waals surface area contributed by atoms with Crippen molar-refractivity contribution >= 4 is 23.1 Å². The standard InChI is InChI=1S/C11H12N4O2S/c1-12-9-7-8(3-4-10(9)15(16)17)18-11-13-5-6-14(11)2/h3-7,12H,1-2H3. The molecule has 18 heavy (non-hydrogen) atoms. The van der Waals surface area contributed by atoms with E-state index in [2.05, 4.69) is 10.3 Å². The summed E-state index contributed by atoms with van der Waals surface area (Å²) >= 11 is 1.46. The predicted octanol–water partition coefficient (Wildman–Crippen LogP) is 2.52. The van der Waals surface area contributed by atoms with E-state index in [1.54, 1.807) is 25.4 Å². The lowest BCUT2D eigenvalue weighted by Crippen LogP contribution is -1.96. The van der Waals surface area contributed by atoms with Gasteiger partial charge in [0.25, 0.3) is 5.69 Å². The number of aryl methyl sites for hydroxylation is 1. The van der Waals surface area contributed by atoms with E-state index < -0.39 is 4.92 Å². The highest BCUT2D eigenvalue weighted by molar-refractivity contribution is 7.99. The third-order valence-electron chi connectivity index (χ3n) is 2.42. The van der Waals surface area contributed by atoms with Gasteiger partial charge in [-0.1, -0.05) is 11.8 Å². The number of nitro groups is 1. The highest BCUT2D eigenvalue weighted by Gasteiger charge is 2.13. The largest absolute Gasteiger partial charge is 0.383 e. The maximum Gasteiger partial charge on any atom is 0.292 e. The van der Waals surface area contributed by atoms with Crippen molar-refractivity contribution in [3.8, 4) is 0 Å². The van der Waals surface area contributed by atoms with E-state index in [0.29, 0.717) is 5.69 Å². The lowest BCUT2D eigenvalue weighted by Gasteiger charge is -2.05. The van der Waals surface area contributed by atoms with Gasteiger partial charge < -0.3 is 9.88 Å². The van der Waals surface area contributed by atoms with Gasteiger partial charge in [-0.05, 0) is 12.1 Å². The predicted molar refractivity (Wildman–Crippen MR) is 70.0 cm³/mol. The molecule has 1 aromatic heterocycles. The molecule has 1 N–H and O–H groups in total. The quantitative estimate of drug-likeness (QED) is 0.678. The van der Waals surface area contributed by atoms with E-state index in [4.69, 9.17) is 0 Å². The molecule has 1 aromatic carbocycles. The molecule has 0 aliphatic rings. The Morgan fingerprint density at radius 1 is 1.50 bits per heavy atom. The maximum absolute atomic E-state index is 10.8. The lowest BCUT2D eigenvalue weighted by atomic mass is 10.3. The molecule has 0 bridgehead atoms. The average Bonchev–Trinajstić information content (AvgIpc) is 2.74.